The lowest BCUT2D eigenvalue weighted by molar-refractivity contribution is -0.127. The van der Waals surface area contributed by atoms with Crippen LogP contribution in [0.4, 0.5) is 38.5 Å². The molecule has 0 unspecified atom stereocenters. The number of halogens is 4. The number of aryl methyl sites for hydroxylation is 2. The van der Waals surface area contributed by atoms with E-state index in [9.17, 15) is 33.2 Å². The van der Waals surface area contributed by atoms with Crippen molar-refractivity contribution in [3.8, 4) is 50.6 Å². The Balaban J connectivity index is 0.000000146. The Kier molecular flexibility index (Phi) is 26.0. The van der Waals surface area contributed by atoms with Gasteiger partial charge in [0.05, 0.1) is 87.3 Å². The number of rotatable bonds is 15. The summed E-state index contributed by atoms with van der Waals surface area (Å²) in [5.41, 5.74) is 14.3. The van der Waals surface area contributed by atoms with Gasteiger partial charge in [0.25, 0.3) is 33.7 Å². The fourth-order valence-electron chi connectivity index (χ4n) is 19.4. The summed E-state index contributed by atoms with van der Waals surface area (Å²) in [4.78, 5) is 104. The zero-order valence-corrected chi connectivity index (χ0v) is 78.1. The zero-order chi connectivity index (χ0) is 94.6. The Morgan fingerprint density at radius 3 is 1.17 bits per heavy atom. The van der Waals surface area contributed by atoms with Gasteiger partial charge in [-0.1, -0.05) is 217 Å². The first-order chi connectivity index (χ1) is 64.0. The van der Waals surface area contributed by atoms with Crippen molar-refractivity contribution in [1.29, 1.82) is 0 Å². The van der Waals surface area contributed by atoms with Crippen molar-refractivity contribution in [2.45, 2.75) is 105 Å². The third-order valence-electron chi connectivity index (χ3n) is 25.8. The molecule has 3 aliphatic rings. The van der Waals surface area contributed by atoms with Crippen LogP contribution in [0.15, 0.2) is 251 Å². The van der Waals surface area contributed by atoms with Crippen molar-refractivity contribution in [1.82, 2.24) is 38.2 Å². The molecule has 0 aliphatic carbocycles. The van der Waals surface area contributed by atoms with E-state index in [2.05, 4.69) is 90.7 Å². The second kappa shape index (κ2) is 37.7. The number of amides is 3. The summed E-state index contributed by atoms with van der Waals surface area (Å²) in [6, 6.07) is 58.5. The largest absolute Gasteiger partial charge is 0.455 e. The van der Waals surface area contributed by atoms with Crippen LogP contribution in [0.2, 0.25) is 15.1 Å². The lowest BCUT2D eigenvalue weighted by atomic mass is 9.95. The molecular weight excluding hydrogens is 1730 g/mol. The number of anilines is 3. The van der Waals surface area contributed by atoms with Crippen LogP contribution < -0.4 is 31.4 Å². The van der Waals surface area contributed by atoms with Crippen LogP contribution in [0.5, 0.6) is 0 Å². The van der Waals surface area contributed by atoms with Gasteiger partial charge in [0, 0.05) is 149 Å². The number of fused-ring (bicyclic) bond motifs is 7. The van der Waals surface area contributed by atoms with Crippen molar-refractivity contribution < 1.29 is 23.2 Å². The molecule has 3 fully saturated rings. The number of nitrogens with zero attached hydrogens (tertiary/aromatic N) is 14. The van der Waals surface area contributed by atoms with E-state index in [-0.39, 0.29) is 82.0 Å². The Labute approximate surface area is 785 Å². The van der Waals surface area contributed by atoms with E-state index in [0.717, 1.165) is 77.9 Å². The van der Waals surface area contributed by atoms with Crippen molar-refractivity contribution in [2.75, 3.05) is 73.6 Å². The maximum absolute atomic E-state index is 14.8. The standard InChI is InChI=1S/C39H33ClN4O3.C37H32ClFN4O2.C32H33ClN6O2/c1-6-35(45)42-18-19-43(24(4)22-42)37-30-20-31(40)29(28-15-11-14-27-26-13-8-10-17-34(26)47-38(27)28)21-33(30)44(39(46)36(37)41-5)32-16-9-7-12-25(32)23(2)3;1-6-34(44)41-17-18-42(23(4)21-41)36-29-19-30(38)28(26-15-16-31(39)27-13-8-7-12-25(26)27)20-33(29)43(37(45)35(36)40-5)32-14-10-9-11-24(32)22(2)3;1-8-28(40)37-13-14-38(21(5)18-37)31-24-15-25(33)23(30-20(4)17-35-36(30)7)16-27(24)39(32(41)29(31)34-6)26-12-10-9-11-22(26)19(2)3/h6-17,20-21,23-24H,1,18-19,22H2,2-4H3;6-16,19-20,22-23H,1,17-18,21H2,2-4H3;8-12,15-17,19,21H,1,13-14,18H2,2-5,7H3/t24-;23-;21-/m000/s1. The number of para-hydroxylation sites is 5. The lowest BCUT2D eigenvalue weighted by Gasteiger charge is -2.42. The number of aromatic nitrogens is 5. The van der Waals surface area contributed by atoms with Crippen LogP contribution in [0.3, 0.4) is 0 Å². The second-order valence-corrected chi connectivity index (χ2v) is 36.1. The van der Waals surface area contributed by atoms with Gasteiger partial charge in [-0.25, -0.2) is 18.9 Å². The van der Waals surface area contributed by atoms with Crippen molar-refractivity contribution >= 4 is 152 Å². The molecule has 0 bridgehead atoms. The van der Waals surface area contributed by atoms with Crippen LogP contribution in [-0.4, -0.2) is 133 Å². The third-order valence-corrected chi connectivity index (χ3v) is 26.7. The highest BCUT2D eigenvalue weighted by Gasteiger charge is 2.37. The number of carbonyl (C=O) groups is 3. The average molecular weight is 1830 g/mol. The molecule has 10 aromatic carbocycles. The van der Waals surface area contributed by atoms with Gasteiger partial charge in [-0.2, -0.15) is 5.10 Å². The molecule has 8 heterocycles. The van der Waals surface area contributed by atoms with Gasteiger partial charge in [0.15, 0.2) is 0 Å². The highest BCUT2D eigenvalue weighted by atomic mass is 35.5. The summed E-state index contributed by atoms with van der Waals surface area (Å²) in [6.07, 6.45) is 5.73. The van der Waals surface area contributed by atoms with E-state index in [0.29, 0.717) is 151 Å². The summed E-state index contributed by atoms with van der Waals surface area (Å²) in [5.74, 6) is -0.395. The van der Waals surface area contributed by atoms with Gasteiger partial charge < -0.3 is 33.8 Å². The molecule has 0 N–H and O–H groups in total. The van der Waals surface area contributed by atoms with E-state index in [1.807, 2.05) is 203 Å². The minimum Gasteiger partial charge on any atom is -0.455 e. The van der Waals surface area contributed by atoms with Crippen molar-refractivity contribution in [2.24, 2.45) is 7.05 Å². The summed E-state index contributed by atoms with van der Waals surface area (Å²) in [7, 11) is 1.86. The molecule has 5 aromatic heterocycles. The maximum Gasteiger partial charge on any atom is 0.274 e. The highest BCUT2D eigenvalue weighted by Crippen LogP contribution is 2.49. The molecular formula is C108H98Cl3FN14O7. The van der Waals surface area contributed by atoms with E-state index in [1.165, 1.54) is 24.3 Å². The maximum atomic E-state index is 14.8. The summed E-state index contributed by atoms with van der Waals surface area (Å²) in [5, 5.41) is 11.0. The first kappa shape index (κ1) is 91.7. The number of pyridine rings is 3. The van der Waals surface area contributed by atoms with Crippen LogP contribution in [0, 0.1) is 32.5 Å². The molecule has 18 rings (SSSR count). The van der Waals surface area contributed by atoms with Crippen LogP contribution in [0.1, 0.15) is 102 Å². The topological polar surface area (TPSA) is 181 Å². The predicted molar refractivity (Wildman–Crippen MR) is 538 cm³/mol. The molecule has 3 saturated heterocycles. The van der Waals surface area contributed by atoms with Crippen LogP contribution >= 0.6 is 34.8 Å². The molecule has 670 valence electrons. The minimum absolute atomic E-state index is 0.00699. The Bertz CT molecular complexity index is 7650. The quantitative estimate of drug-likeness (QED) is 0.0704. The molecule has 3 atom stereocenters. The molecule has 25 heteroatoms. The molecule has 3 aliphatic heterocycles. The van der Waals surface area contributed by atoms with E-state index < -0.39 is 11.1 Å². The van der Waals surface area contributed by atoms with E-state index >= 15 is 0 Å². The SMILES string of the molecule is [C-]#[N+]c1c(N2CCN(C(=O)C=C)C[C@@H]2C)c2cc(Cl)c(-c3c(C)cnn3C)cc2n(-c2ccccc2C(C)C)c1=O.[C-]#[N+]c1c(N2CCN(C(=O)C=C)C[C@@H]2C)c2cc(Cl)c(-c3ccc(F)c4ccccc34)cc2n(-c2ccccc2C(C)C)c1=O.[C-]#[N+]c1c(N2CCN(C(=O)C=C)C[C@@H]2C)c2cc(Cl)c(-c3cccc4c3oc3ccccc34)cc2n(-c2ccccc2C(C)C)c1=O. The third kappa shape index (κ3) is 16.5. The normalized spacial score (nSPS) is 15.2. The molecule has 0 radical (unpaired) electrons. The molecule has 15 aromatic rings. The number of carbonyl (C=O) groups excluding carboxylic acids is 3. The Hall–Kier alpha value is -14.6. The number of piperazine rings is 3. The van der Waals surface area contributed by atoms with Crippen molar-refractivity contribution in [3.63, 3.8) is 0 Å². The predicted octanol–water partition coefficient (Wildman–Crippen LogP) is 23.9. The van der Waals surface area contributed by atoms with Gasteiger partial charge in [-0.15, -0.1) is 0 Å². The zero-order valence-electron chi connectivity index (χ0n) is 75.8. The first-order valence-corrected chi connectivity index (χ1v) is 45.4. The number of furan rings is 1. The number of hydrogen-bond acceptors (Lipinski definition) is 11. The van der Waals surface area contributed by atoms with Gasteiger partial charge in [-0.3, -0.25) is 47.2 Å². The molecule has 0 saturated carbocycles. The summed E-state index contributed by atoms with van der Waals surface area (Å²) < 4.78 is 27.9. The highest BCUT2D eigenvalue weighted by molar-refractivity contribution is 6.36. The fraction of sp³-hybridized carbons (Fsp3) is 0.241. The van der Waals surface area contributed by atoms with E-state index in [1.54, 1.807) is 57.5 Å². The summed E-state index contributed by atoms with van der Waals surface area (Å²) in [6.45, 7) is 59.8. The lowest BCUT2D eigenvalue weighted by Crippen LogP contribution is -2.53. The van der Waals surface area contributed by atoms with Crippen LogP contribution in [0.25, 0.3) is 131 Å². The second-order valence-electron chi connectivity index (χ2n) is 34.9. The smallest absolute Gasteiger partial charge is 0.274 e. The molecule has 3 amide bonds. The van der Waals surface area contributed by atoms with Gasteiger partial charge >= 0.3 is 0 Å². The number of hydrogen-bond donors (Lipinski definition) is 0. The molecule has 133 heavy (non-hydrogen) atoms. The fourth-order valence-corrected chi connectivity index (χ4v) is 20.2. The molecule has 0 spiro atoms. The van der Waals surface area contributed by atoms with Crippen molar-refractivity contribution in [3.05, 3.63) is 341 Å². The first-order valence-electron chi connectivity index (χ1n) is 44.3. The van der Waals surface area contributed by atoms with Gasteiger partial charge in [0.1, 0.15) is 17.0 Å². The minimum atomic E-state index is -0.436. The van der Waals surface area contributed by atoms with E-state index in [4.69, 9.17) is 58.9 Å². The Morgan fingerprint density at radius 1 is 0.436 bits per heavy atom. The monoisotopic (exact) mass is 1830 g/mol. The van der Waals surface area contributed by atoms with Crippen LogP contribution in [-0.2, 0) is 21.4 Å². The van der Waals surface area contributed by atoms with Gasteiger partial charge in [-0.05, 0) is 164 Å². The average Bonchev–Trinajstić information content (AvgIpc) is 1.05. The Morgan fingerprint density at radius 2 is 0.789 bits per heavy atom. The summed E-state index contributed by atoms with van der Waals surface area (Å²) >= 11 is 21.3. The van der Waals surface area contributed by atoms with Gasteiger partial charge in [0.2, 0.25) is 17.7 Å². The molecule has 21 nitrogen and oxygen atoms in total. The number of benzene rings is 10.